The first kappa shape index (κ1) is 16.0. The minimum atomic E-state index is -3.53. The molecular formula is C18H17NO2S. The molecule has 1 N–H and O–H groups in total. The third kappa shape index (κ3) is 4.08. The maximum atomic E-state index is 12.2. The van der Waals surface area contributed by atoms with Gasteiger partial charge in [-0.3, -0.25) is 0 Å². The summed E-state index contributed by atoms with van der Waals surface area (Å²) >= 11 is 0. The molecule has 0 saturated heterocycles. The van der Waals surface area contributed by atoms with Crippen molar-refractivity contribution in [2.75, 3.05) is 6.54 Å². The van der Waals surface area contributed by atoms with Crippen LogP contribution < -0.4 is 4.72 Å². The lowest BCUT2D eigenvalue weighted by Gasteiger charge is -2.06. The molecular weight excluding hydrogens is 294 g/mol. The van der Waals surface area contributed by atoms with Crippen LogP contribution in [0, 0.1) is 19.3 Å². The van der Waals surface area contributed by atoms with Crippen molar-refractivity contribution in [3.05, 3.63) is 71.8 Å². The number of sulfonamides is 1. The maximum absolute atomic E-state index is 12.2. The lowest BCUT2D eigenvalue weighted by atomic mass is 10.1. The van der Waals surface area contributed by atoms with Gasteiger partial charge in [0.05, 0.1) is 4.90 Å². The number of terminal acetylenes is 1. The molecule has 0 fully saturated rings. The summed E-state index contributed by atoms with van der Waals surface area (Å²) in [6.07, 6.45) is 7.18. The van der Waals surface area contributed by atoms with Crippen LogP contribution in [0.15, 0.2) is 65.6 Å². The highest BCUT2D eigenvalue weighted by Crippen LogP contribution is 2.13. The lowest BCUT2D eigenvalue weighted by Crippen LogP contribution is -2.23. The summed E-state index contributed by atoms with van der Waals surface area (Å²) < 4.78 is 26.8. The molecule has 0 heterocycles. The first-order chi connectivity index (χ1) is 10.5. The molecule has 0 aliphatic rings. The highest BCUT2D eigenvalue weighted by molar-refractivity contribution is 7.89. The van der Waals surface area contributed by atoms with E-state index < -0.39 is 10.0 Å². The zero-order valence-corrected chi connectivity index (χ0v) is 13.1. The van der Waals surface area contributed by atoms with Crippen LogP contribution in [0.4, 0.5) is 0 Å². The monoisotopic (exact) mass is 311 g/mol. The van der Waals surface area contributed by atoms with Crippen molar-refractivity contribution in [2.45, 2.75) is 11.8 Å². The number of hydrogen-bond donors (Lipinski definition) is 1. The zero-order chi connectivity index (χ0) is 16.0. The highest BCUT2D eigenvalue weighted by Gasteiger charge is 2.12. The standard InChI is InChI=1S/C18H17NO2S/c1-3-16(17-7-5-4-6-8-17)13-14-19-22(20,21)18-11-9-15(2)10-12-18/h1,4-13,19H,14H2,2H3/b16-13+. The third-order valence-corrected chi connectivity index (χ3v) is 4.59. The van der Waals surface area contributed by atoms with E-state index in [-0.39, 0.29) is 11.4 Å². The molecule has 0 aromatic heterocycles. The van der Waals surface area contributed by atoms with Crippen molar-refractivity contribution in [3.8, 4) is 12.3 Å². The second-order valence-corrected chi connectivity index (χ2v) is 6.56. The van der Waals surface area contributed by atoms with Gasteiger partial charge in [-0.05, 0) is 24.6 Å². The summed E-state index contributed by atoms with van der Waals surface area (Å²) in [4.78, 5) is 0.244. The number of benzene rings is 2. The molecule has 0 saturated carbocycles. The lowest BCUT2D eigenvalue weighted by molar-refractivity contribution is 0.585. The molecule has 0 radical (unpaired) electrons. The Balaban J connectivity index is 2.10. The van der Waals surface area contributed by atoms with E-state index in [0.717, 1.165) is 11.1 Å². The summed E-state index contributed by atoms with van der Waals surface area (Å²) in [6, 6.07) is 16.1. The Morgan fingerprint density at radius 2 is 1.77 bits per heavy atom. The van der Waals surface area contributed by atoms with Crippen LogP contribution in [0.2, 0.25) is 0 Å². The third-order valence-electron chi connectivity index (χ3n) is 3.15. The molecule has 0 aliphatic heterocycles. The number of allylic oxidation sites excluding steroid dienone is 1. The van der Waals surface area contributed by atoms with Crippen molar-refractivity contribution < 1.29 is 8.42 Å². The van der Waals surface area contributed by atoms with Crippen LogP contribution in [0.3, 0.4) is 0 Å². The molecule has 4 heteroatoms. The molecule has 22 heavy (non-hydrogen) atoms. The van der Waals surface area contributed by atoms with Crippen molar-refractivity contribution in [3.63, 3.8) is 0 Å². The minimum Gasteiger partial charge on any atom is -0.207 e. The second kappa shape index (κ2) is 7.08. The summed E-state index contributed by atoms with van der Waals surface area (Å²) in [5.74, 6) is 2.58. The van der Waals surface area contributed by atoms with Gasteiger partial charge in [-0.25, -0.2) is 13.1 Å². The van der Waals surface area contributed by atoms with E-state index in [1.807, 2.05) is 37.3 Å². The van der Waals surface area contributed by atoms with E-state index in [1.54, 1.807) is 30.3 Å². The summed E-state index contributed by atoms with van der Waals surface area (Å²) in [7, 11) is -3.53. The number of hydrogen-bond acceptors (Lipinski definition) is 2. The molecule has 0 bridgehead atoms. The molecule has 3 nitrogen and oxygen atoms in total. The quantitative estimate of drug-likeness (QED) is 0.863. The van der Waals surface area contributed by atoms with Gasteiger partial charge in [0.25, 0.3) is 0 Å². The summed E-state index contributed by atoms with van der Waals surface area (Å²) in [6.45, 7) is 2.05. The van der Waals surface area contributed by atoms with Crippen molar-refractivity contribution in [1.29, 1.82) is 0 Å². The van der Waals surface area contributed by atoms with Crippen LogP contribution in [0.25, 0.3) is 5.57 Å². The van der Waals surface area contributed by atoms with E-state index in [0.29, 0.717) is 5.57 Å². The first-order valence-corrected chi connectivity index (χ1v) is 8.30. The van der Waals surface area contributed by atoms with Crippen LogP contribution >= 0.6 is 0 Å². The second-order valence-electron chi connectivity index (χ2n) is 4.79. The van der Waals surface area contributed by atoms with E-state index >= 15 is 0 Å². The molecule has 0 aliphatic carbocycles. The SMILES string of the molecule is C#C/C(=C\CNS(=O)(=O)c1ccc(C)cc1)c1ccccc1. The maximum Gasteiger partial charge on any atom is 0.240 e. The first-order valence-electron chi connectivity index (χ1n) is 6.81. The Kier molecular flexibility index (Phi) is 5.16. The topological polar surface area (TPSA) is 46.2 Å². The van der Waals surface area contributed by atoms with Crippen LogP contribution in [-0.2, 0) is 10.0 Å². The molecule has 2 aromatic carbocycles. The Morgan fingerprint density at radius 1 is 1.14 bits per heavy atom. The van der Waals surface area contributed by atoms with Gasteiger partial charge < -0.3 is 0 Å². The molecule has 0 amide bonds. The Bertz CT molecular complexity index is 798. The van der Waals surface area contributed by atoms with Gasteiger partial charge in [0.15, 0.2) is 0 Å². The van der Waals surface area contributed by atoms with Gasteiger partial charge in [0.2, 0.25) is 10.0 Å². The Labute approximate surface area is 131 Å². The molecule has 2 rings (SSSR count). The smallest absolute Gasteiger partial charge is 0.207 e. The molecule has 112 valence electrons. The van der Waals surface area contributed by atoms with Gasteiger partial charge >= 0.3 is 0 Å². The fraction of sp³-hybridized carbons (Fsp3) is 0.111. The predicted octanol–water partition coefficient (Wildman–Crippen LogP) is 2.99. The molecule has 0 unspecified atom stereocenters. The van der Waals surface area contributed by atoms with Gasteiger partial charge in [0.1, 0.15) is 0 Å². The Morgan fingerprint density at radius 3 is 2.36 bits per heavy atom. The normalized spacial score (nSPS) is 11.9. The van der Waals surface area contributed by atoms with Gasteiger partial charge in [-0.15, -0.1) is 6.42 Å². The highest BCUT2D eigenvalue weighted by atomic mass is 32.2. The van der Waals surface area contributed by atoms with Crippen LogP contribution in [0.1, 0.15) is 11.1 Å². The number of aryl methyl sites for hydroxylation is 1. The van der Waals surface area contributed by atoms with Gasteiger partial charge in [-0.1, -0.05) is 60.0 Å². The Hall–Kier alpha value is -2.35. The van der Waals surface area contributed by atoms with Crippen LogP contribution in [0.5, 0.6) is 0 Å². The fourth-order valence-corrected chi connectivity index (χ4v) is 2.90. The van der Waals surface area contributed by atoms with E-state index in [4.69, 9.17) is 6.42 Å². The molecule has 2 aromatic rings. The molecule has 0 atom stereocenters. The van der Waals surface area contributed by atoms with Crippen molar-refractivity contribution in [2.24, 2.45) is 0 Å². The van der Waals surface area contributed by atoms with Crippen molar-refractivity contribution in [1.82, 2.24) is 4.72 Å². The zero-order valence-electron chi connectivity index (χ0n) is 12.3. The number of rotatable bonds is 5. The van der Waals surface area contributed by atoms with Gasteiger partial charge in [-0.2, -0.15) is 0 Å². The van der Waals surface area contributed by atoms with E-state index in [2.05, 4.69) is 10.6 Å². The van der Waals surface area contributed by atoms with Gasteiger partial charge in [0, 0.05) is 12.1 Å². The fourth-order valence-electron chi connectivity index (χ4n) is 1.93. The van der Waals surface area contributed by atoms with Crippen molar-refractivity contribution >= 4 is 15.6 Å². The average molecular weight is 311 g/mol. The number of nitrogens with one attached hydrogen (secondary N) is 1. The summed E-state index contributed by atoms with van der Waals surface area (Å²) in [5, 5.41) is 0. The van der Waals surface area contributed by atoms with E-state index in [9.17, 15) is 8.42 Å². The van der Waals surface area contributed by atoms with Crippen LogP contribution in [-0.4, -0.2) is 15.0 Å². The summed E-state index contributed by atoms with van der Waals surface area (Å²) in [5.41, 5.74) is 2.56. The predicted molar refractivity (Wildman–Crippen MR) is 89.6 cm³/mol. The van der Waals surface area contributed by atoms with E-state index in [1.165, 1.54) is 0 Å². The minimum absolute atomic E-state index is 0.143. The molecule has 0 spiro atoms. The average Bonchev–Trinajstić information content (AvgIpc) is 2.53. The largest absolute Gasteiger partial charge is 0.240 e.